The van der Waals surface area contributed by atoms with Crippen molar-refractivity contribution in [2.75, 3.05) is 24.4 Å². The van der Waals surface area contributed by atoms with E-state index in [1.165, 1.54) is 36.3 Å². The van der Waals surface area contributed by atoms with Crippen LogP contribution >= 0.6 is 0 Å². The minimum absolute atomic E-state index is 0.0918. The van der Waals surface area contributed by atoms with Crippen molar-refractivity contribution in [3.05, 3.63) is 125 Å². The van der Waals surface area contributed by atoms with Crippen LogP contribution in [0, 0.1) is 17.0 Å². The molecule has 4 aromatic rings. The smallest absolute Gasteiger partial charge is 0.262 e. The van der Waals surface area contributed by atoms with Gasteiger partial charge in [-0.15, -0.1) is 0 Å². The number of aromatic hydroxyl groups is 1. The van der Waals surface area contributed by atoms with E-state index in [0.717, 1.165) is 30.9 Å². The predicted molar refractivity (Wildman–Crippen MR) is 188 cm³/mol. The summed E-state index contributed by atoms with van der Waals surface area (Å²) in [5, 5.41) is 21.4. The summed E-state index contributed by atoms with van der Waals surface area (Å²) in [6, 6.07) is 21.9. The molecule has 0 saturated heterocycles. The van der Waals surface area contributed by atoms with Gasteiger partial charge in [-0.3, -0.25) is 9.69 Å². The summed E-state index contributed by atoms with van der Waals surface area (Å²) in [6.45, 7) is 10.4. The van der Waals surface area contributed by atoms with E-state index in [1.807, 2.05) is 44.0 Å². The van der Waals surface area contributed by atoms with Crippen molar-refractivity contribution in [1.29, 1.82) is 0 Å². The number of hydrogen-bond acceptors (Lipinski definition) is 7. The number of phenols is 1. The first-order valence-corrected chi connectivity index (χ1v) is 15.7. The second kappa shape index (κ2) is 17.3. The van der Waals surface area contributed by atoms with Gasteiger partial charge in [0.25, 0.3) is 5.91 Å². The molecule has 10 heteroatoms. The zero-order valence-electron chi connectivity index (χ0n) is 28.7. The van der Waals surface area contributed by atoms with Gasteiger partial charge >= 0.3 is 0 Å². The highest BCUT2D eigenvalue weighted by Crippen LogP contribution is 2.48. The van der Waals surface area contributed by atoms with Gasteiger partial charge in [0.1, 0.15) is 48.0 Å². The summed E-state index contributed by atoms with van der Waals surface area (Å²) in [5.74, 6) is -1.57. The largest absolute Gasteiger partial charge is 0.506 e. The number of carbonyl (C=O) groups is 2. The summed E-state index contributed by atoms with van der Waals surface area (Å²) in [6.07, 6.45) is 1.41. The molecular formula is C39H44F2N2O6. The number of halogens is 2. The topological polar surface area (TPSA) is 108 Å². The maximum absolute atomic E-state index is 16.3. The molecule has 1 aliphatic heterocycles. The first-order chi connectivity index (χ1) is 23.5. The fourth-order valence-electron chi connectivity index (χ4n) is 5.48. The highest BCUT2D eigenvalue weighted by atomic mass is 19.1. The van der Waals surface area contributed by atoms with Gasteiger partial charge in [0.2, 0.25) is 0 Å². The van der Waals surface area contributed by atoms with Crippen LogP contribution in [0.4, 0.5) is 20.2 Å². The Morgan fingerprint density at radius 2 is 1.59 bits per heavy atom. The van der Waals surface area contributed by atoms with Gasteiger partial charge in [-0.1, -0.05) is 63.6 Å². The number of hydrogen-bond donors (Lipinski definition) is 3. The number of benzene rings is 4. The Morgan fingerprint density at radius 1 is 0.939 bits per heavy atom. The monoisotopic (exact) mass is 674 g/mol. The summed E-state index contributed by atoms with van der Waals surface area (Å²) in [7, 11) is 2.41. The SMILES string of the molecule is C=O.CCC(C)(C)CC1=C(C)C(c2ccc(OCc3ccccc3)cc2F)N(C(=O)c2ccc(OC)cc2F)c2cccc(O)c2N1.CO. The normalized spacial score (nSPS) is 13.8. The molecule has 0 spiro atoms. The zero-order valence-corrected chi connectivity index (χ0v) is 28.7. The molecule has 3 N–H and O–H groups in total. The molecule has 1 amide bonds. The number of ether oxygens (including phenoxy) is 2. The Kier molecular flexibility index (Phi) is 13.5. The molecule has 1 heterocycles. The average Bonchev–Trinajstić information content (AvgIpc) is 3.23. The Balaban J connectivity index is 0.00000157. The van der Waals surface area contributed by atoms with Crippen LogP contribution in [0.3, 0.4) is 0 Å². The molecule has 0 saturated carbocycles. The number of anilines is 2. The Labute approximate surface area is 286 Å². The van der Waals surface area contributed by atoms with Crippen LogP contribution in [0.15, 0.2) is 96.2 Å². The lowest BCUT2D eigenvalue weighted by Gasteiger charge is -2.33. The number of methoxy groups -OCH3 is 1. The fourth-order valence-corrected chi connectivity index (χ4v) is 5.48. The van der Waals surface area contributed by atoms with Gasteiger partial charge in [-0.05, 0) is 66.3 Å². The van der Waals surface area contributed by atoms with Gasteiger partial charge in [0, 0.05) is 30.5 Å². The van der Waals surface area contributed by atoms with E-state index in [4.69, 9.17) is 19.4 Å². The van der Waals surface area contributed by atoms with E-state index in [0.29, 0.717) is 17.7 Å². The van der Waals surface area contributed by atoms with Crippen LogP contribution in [0.1, 0.15) is 68.1 Å². The minimum Gasteiger partial charge on any atom is -0.506 e. The highest BCUT2D eigenvalue weighted by molar-refractivity contribution is 6.09. The molecule has 1 aliphatic rings. The van der Waals surface area contributed by atoms with Crippen molar-refractivity contribution in [2.24, 2.45) is 5.41 Å². The van der Waals surface area contributed by atoms with Crippen molar-refractivity contribution in [2.45, 2.75) is 53.2 Å². The fraction of sp³-hybridized carbons (Fsp3) is 0.282. The molecule has 0 radical (unpaired) electrons. The van der Waals surface area contributed by atoms with Gasteiger partial charge in [0.05, 0.1) is 24.4 Å². The van der Waals surface area contributed by atoms with Crippen LogP contribution in [0.25, 0.3) is 0 Å². The van der Waals surface area contributed by atoms with Crippen molar-refractivity contribution >= 4 is 24.1 Å². The molecule has 4 aromatic carbocycles. The number of allylic oxidation sites excluding steroid dienone is 1. The third-order valence-corrected chi connectivity index (χ3v) is 8.45. The number of nitrogens with zero attached hydrogens (tertiary/aromatic N) is 1. The lowest BCUT2D eigenvalue weighted by atomic mass is 9.83. The summed E-state index contributed by atoms with van der Waals surface area (Å²) < 4.78 is 42.7. The number of nitrogens with one attached hydrogen (secondary N) is 1. The molecule has 5 rings (SSSR count). The number of aliphatic hydroxyl groups is 1. The van der Waals surface area contributed by atoms with Gasteiger partial charge in [-0.2, -0.15) is 0 Å². The lowest BCUT2D eigenvalue weighted by molar-refractivity contribution is -0.0980. The molecule has 0 aliphatic carbocycles. The lowest BCUT2D eigenvalue weighted by Crippen LogP contribution is -2.36. The zero-order chi connectivity index (χ0) is 36.3. The molecule has 0 fully saturated rings. The second-order valence-electron chi connectivity index (χ2n) is 12.0. The van der Waals surface area contributed by atoms with Gasteiger partial charge in [0.15, 0.2) is 0 Å². The molecule has 0 aromatic heterocycles. The first-order valence-electron chi connectivity index (χ1n) is 15.7. The minimum atomic E-state index is -0.986. The summed E-state index contributed by atoms with van der Waals surface area (Å²) >= 11 is 0. The van der Waals surface area contributed by atoms with E-state index in [2.05, 4.69) is 26.1 Å². The van der Waals surface area contributed by atoms with Gasteiger partial charge in [-0.25, -0.2) is 8.78 Å². The van der Waals surface area contributed by atoms with E-state index in [-0.39, 0.29) is 46.0 Å². The van der Waals surface area contributed by atoms with Crippen molar-refractivity contribution in [3.8, 4) is 17.2 Å². The van der Waals surface area contributed by atoms with E-state index < -0.39 is 23.6 Å². The van der Waals surface area contributed by atoms with E-state index >= 15 is 8.78 Å². The van der Waals surface area contributed by atoms with Crippen molar-refractivity contribution < 1.29 is 38.1 Å². The van der Waals surface area contributed by atoms with E-state index in [9.17, 15) is 9.90 Å². The Morgan fingerprint density at radius 3 is 2.20 bits per heavy atom. The quantitative estimate of drug-likeness (QED) is 0.153. The van der Waals surface area contributed by atoms with Crippen molar-refractivity contribution in [1.82, 2.24) is 0 Å². The molecule has 8 nitrogen and oxygen atoms in total. The predicted octanol–water partition coefficient (Wildman–Crippen LogP) is 8.60. The molecule has 49 heavy (non-hydrogen) atoms. The standard InChI is InChI=1S/C37H38F2N2O4.CH4O.CH2O/c1-6-37(3,4)21-31-23(2)35(27-17-16-26(20-29(27)38)45-22-24-11-8-7-9-12-24)41(32-13-10-14-33(42)34(32)40-31)36(43)28-18-15-25(44-5)19-30(28)39;2*1-2/h7-20,35,40,42H,6,21-22H2,1-5H3;2H,1H3;1H2. The summed E-state index contributed by atoms with van der Waals surface area (Å²) in [4.78, 5) is 23.8. The van der Waals surface area contributed by atoms with Crippen LogP contribution in [0.2, 0.25) is 0 Å². The molecule has 1 unspecified atom stereocenters. The number of rotatable bonds is 9. The number of fused-ring (bicyclic) bond motifs is 1. The van der Waals surface area contributed by atoms with Gasteiger partial charge < -0.3 is 29.8 Å². The van der Waals surface area contributed by atoms with Crippen LogP contribution in [0.5, 0.6) is 17.2 Å². The highest BCUT2D eigenvalue weighted by Gasteiger charge is 2.38. The van der Waals surface area contributed by atoms with Crippen LogP contribution in [-0.2, 0) is 11.4 Å². The molecular weight excluding hydrogens is 630 g/mol. The Bertz CT molecular complexity index is 1760. The Hall–Kier alpha value is -5.22. The number of aliphatic hydroxyl groups excluding tert-OH is 1. The number of para-hydroxylation sites is 1. The third kappa shape index (κ3) is 8.83. The number of carbonyl (C=O) groups excluding carboxylic acids is 2. The third-order valence-electron chi connectivity index (χ3n) is 8.45. The average molecular weight is 675 g/mol. The molecule has 0 bridgehead atoms. The number of phenolic OH excluding ortho intramolecular Hbond substituents is 1. The maximum atomic E-state index is 16.3. The number of amides is 1. The van der Waals surface area contributed by atoms with E-state index in [1.54, 1.807) is 24.3 Å². The molecule has 260 valence electrons. The van der Waals surface area contributed by atoms with Crippen molar-refractivity contribution in [3.63, 3.8) is 0 Å². The maximum Gasteiger partial charge on any atom is 0.262 e. The second-order valence-corrected chi connectivity index (χ2v) is 12.0. The van der Waals surface area contributed by atoms with Crippen LogP contribution in [-0.4, -0.2) is 37.1 Å². The first kappa shape index (κ1) is 38.2. The molecule has 1 atom stereocenters. The van der Waals surface area contributed by atoms with Crippen LogP contribution < -0.4 is 19.7 Å². The summed E-state index contributed by atoms with van der Waals surface area (Å²) in [5.41, 5.74) is 2.73.